The number of fused-ring (bicyclic) bond motifs is 1. The lowest BCUT2D eigenvalue weighted by molar-refractivity contribution is -0.127. The molecule has 6 heteroatoms. The molecule has 1 amide bonds. The van der Waals surface area contributed by atoms with Crippen LogP contribution in [0.1, 0.15) is 12.5 Å². The lowest BCUT2D eigenvalue weighted by atomic mass is 9.79. The summed E-state index contributed by atoms with van der Waals surface area (Å²) in [5, 5.41) is 41.6. The lowest BCUT2D eigenvalue weighted by Crippen LogP contribution is -2.52. The van der Waals surface area contributed by atoms with Gasteiger partial charge in [-0.2, -0.15) is 15.8 Å². The molecule has 1 saturated carbocycles. The van der Waals surface area contributed by atoms with Gasteiger partial charge in [0.15, 0.2) is 10.8 Å². The zero-order chi connectivity index (χ0) is 15.5. The molecule has 1 aromatic rings. The van der Waals surface area contributed by atoms with E-state index in [0.717, 1.165) is 0 Å². The summed E-state index contributed by atoms with van der Waals surface area (Å²) in [5.41, 5.74) is -6.88. The second-order valence-corrected chi connectivity index (χ2v) is 5.48. The number of nitrogens with zero attached hydrogens (tertiary/aromatic N) is 3. The number of carbonyl (C=O) groups is 1. The first-order valence-electron chi connectivity index (χ1n) is 6.26. The quantitative estimate of drug-likeness (QED) is 0.766. The Balaban J connectivity index is 2.45. The molecule has 1 heterocycles. The Morgan fingerprint density at radius 3 is 2.10 bits per heavy atom. The van der Waals surface area contributed by atoms with Crippen LogP contribution in [0.15, 0.2) is 30.3 Å². The van der Waals surface area contributed by atoms with Gasteiger partial charge >= 0.3 is 0 Å². The van der Waals surface area contributed by atoms with Crippen molar-refractivity contribution in [3.05, 3.63) is 35.9 Å². The van der Waals surface area contributed by atoms with Gasteiger partial charge in [0.2, 0.25) is 5.91 Å². The first-order valence-corrected chi connectivity index (χ1v) is 6.26. The maximum absolute atomic E-state index is 12.3. The van der Waals surface area contributed by atoms with E-state index >= 15 is 0 Å². The number of carbonyl (C=O) groups excluding carboxylic acids is 1. The Labute approximate surface area is 120 Å². The molecule has 0 bridgehead atoms. The Hall–Kier alpha value is -2.88. The van der Waals surface area contributed by atoms with E-state index in [1.54, 1.807) is 30.3 Å². The van der Waals surface area contributed by atoms with Crippen LogP contribution >= 0.6 is 0 Å². The van der Waals surface area contributed by atoms with Gasteiger partial charge in [0, 0.05) is 0 Å². The number of aliphatic hydroxyl groups is 1. The molecule has 0 aromatic heterocycles. The summed E-state index contributed by atoms with van der Waals surface area (Å²) in [6.07, 6.45) is 0. The molecule has 3 atom stereocenters. The molecule has 0 radical (unpaired) electrons. The molecule has 2 N–H and O–H groups in total. The molecule has 0 unspecified atom stereocenters. The maximum atomic E-state index is 12.3. The van der Waals surface area contributed by atoms with E-state index in [1.165, 1.54) is 6.92 Å². The van der Waals surface area contributed by atoms with Crippen molar-refractivity contribution in [2.24, 2.45) is 10.8 Å². The summed E-state index contributed by atoms with van der Waals surface area (Å²) in [6.45, 7) is 1.31. The van der Waals surface area contributed by atoms with Crippen LogP contribution in [0, 0.1) is 44.8 Å². The second kappa shape index (κ2) is 3.41. The van der Waals surface area contributed by atoms with Crippen molar-refractivity contribution in [1.82, 2.24) is 5.32 Å². The summed E-state index contributed by atoms with van der Waals surface area (Å²) >= 11 is 0. The molecule has 21 heavy (non-hydrogen) atoms. The monoisotopic (exact) mass is 278 g/mol. The molecule has 0 spiro atoms. The summed E-state index contributed by atoms with van der Waals surface area (Å²) in [5.74, 6) is -0.790. The molecular weight excluding hydrogens is 268 g/mol. The van der Waals surface area contributed by atoms with Crippen LogP contribution < -0.4 is 5.32 Å². The van der Waals surface area contributed by atoms with Crippen molar-refractivity contribution in [2.75, 3.05) is 0 Å². The highest BCUT2D eigenvalue weighted by molar-refractivity contribution is 6.02. The fourth-order valence-electron chi connectivity index (χ4n) is 4.02. The molecule has 2 aliphatic rings. The molecule has 2 fully saturated rings. The van der Waals surface area contributed by atoms with Crippen LogP contribution in [0.5, 0.6) is 0 Å². The lowest BCUT2D eigenvalue weighted by Gasteiger charge is -2.31. The fraction of sp³-hybridized carbons (Fsp3) is 0.333. The number of rotatable bonds is 1. The second-order valence-electron chi connectivity index (χ2n) is 5.48. The number of nitrogens with one attached hydrogen (secondary N) is 1. The fourth-order valence-corrected chi connectivity index (χ4v) is 4.02. The number of hydrogen-bond acceptors (Lipinski definition) is 5. The van der Waals surface area contributed by atoms with Crippen LogP contribution in [0.3, 0.4) is 0 Å². The zero-order valence-electron chi connectivity index (χ0n) is 11.1. The van der Waals surface area contributed by atoms with Gasteiger partial charge in [0.25, 0.3) is 0 Å². The zero-order valence-corrected chi connectivity index (χ0v) is 11.1. The van der Waals surface area contributed by atoms with Gasteiger partial charge in [-0.15, -0.1) is 0 Å². The third-order valence-corrected chi connectivity index (χ3v) is 4.76. The highest BCUT2D eigenvalue weighted by Crippen LogP contribution is 2.83. The van der Waals surface area contributed by atoms with Gasteiger partial charge in [0.1, 0.15) is 11.1 Å². The van der Waals surface area contributed by atoms with E-state index in [9.17, 15) is 25.7 Å². The van der Waals surface area contributed by atoms with Crippen LogP contribution in [-0.2, 0) is 10.2 Å². The van der Waals surface area contributed by atoms with Gasteiger partial charge in [0.05, 0.1) is 18.2 Å². The molecule has 1 aliphatic carbocycles. The largest absolute Gasteiger partial charge is 0.370 e. The molecule has 1 aliphatic heterocycles. The van der Waals surface area contributed by atoms with Gasteiger partial charge in [-0.25, -0.2) is 0 Å². The van der Waals surface area contributed by atoms with Gasteiger partial charge in [-0.1, -0.05) is 30.3 Å². The minimum Gasteiger partial charge on any atom is -0.370 e. The standard InChI is InChI=1S/C15H10N4O2/c1-12(21)15(10-5-3-2-4-6-10)13(7-16,8-17)14(15,9-18)11(20)19-12/h2-6,21H,1H3,(H,19,20)/t12-,14-,15+/m0/s1. The highest BCUT2D eigenvalue weighted by Gasteiger charge is 3.02. The Morgan fingerprint density at radius 2 is 1.67 bits per heavy atom. The minimum absolute atomic E-state index is 0.415. The van der Waals surface area contributed by atoms with E-state index in [4.69, 9.17) is 0 Å². The SMILES string of the molecule is C[C@@]1(O)NC(=O)[C@@]2(C#N)C(C#N)(C#N)[C@]21c1ccccc1. The van der Waals surface area contributed by atoms with E-state index in [1.807, 2.05) is 18.2 Å². The van der Waals surface area contributed by atoms with Crippen molar-refractivity contribution in [3.8, 4) is 18.2 Å². The van der Waals surface area contributed by atoms with E-state index in [2.05, 4.69) is 5.32 Å². The minimum atomic E-state index is -1.91. The summed E-state index contributed by atoms with van der Waals surface area (Å²) in [6, 6.07) is 13.8. The third-order valence-electron chi connectivity index (χ3n) is 4.76. The van der Waals surface area contributed by atoms with E-state index in [0.29, 0.717) is 5.56 Å². The van der Waals surface area contributed by atoms with E-state index in [-0.39, 0.29) is 0 Å². The molecule has 3 rings (SSSR count). The molecule has 6 nitrogen and oxygen atoms in total. The average molecular weight is 278 g/mol. The molecule has 102 valence electrons. The number of hydrogen-bond donors (Lipinski definition) is 2. The van der Waals surface area contributed by atoms with Crippen LogP contribution in [0.2, 0.25) is 0 Å². The Morgan fingerprint density at radius 1 is 1.10 bits per heavy atom. The van der Waals surface area contributed by atoms with E-state index < -0.39 is 27.9 Å². The van der Waals surface area contributed by atoms with Gasteiger partial charge in [-0.3, -0.25) is 4.79 Å². The van der Waals surface area contributed by atoms with Gasteiger partial charge < -0.3 is 10.4 Å². The van der Waals surface area contributed by atoms with Crippen molar-refractivity contribution < 1.29 is 9.90 Å². The highest BCUT2D eigenvalue weighted by atomic mass is 16.3. The number of piperidine rings is 1. The number of nitriles is 3. The molecule has 1 saturated heterocycles. The topological polar surface area (TPSA) is 121 Å². The predicted octanol–water partition coefficient (Wildman–Crippen LogP) is 0.320. The Kier molecular flexibility index (Phi) is 2.13. The summed E-state index contributed by atoms with van der Waals surface area (Å²) < 4.78 is 0. The third kappa shape index (κ3) is 0.923. The summed E-state index contributed by atoms with van der Waals surface area (Å²) in [7, 11) is 0. The Bertz CT molecular complexity index is 767. The number of benzene rings is 1. The maximum Gasteiger partial charge on any atom is 0.246 e. The van der Waals surface area contributed by atoms with Crippen LogP contribution in [-0.4, -0.2) is 16.7 Å². The first-order chi connectivity index (χ1) is 9.91. The average Bonchev–Trinajstić information content (AvgIpc) is 3.00. The van der Waals surface area contributed by atoms with Crippen molar-refractivity contribution in [3.63, 3.8) is 0 Å². The number of amides is 1. The van der Waals surface area contributed by atoms with Crippen LogP contribution in [0.4, 0.5) is 0 Å². The molecule has 1 aromatic carbocycles. The van der Waals surface area contributed by atoms with Crippen molar-refractivity contribution in [2.45, 2.75) is 18.1 Å². The van der Waals surface area contributed by atoms with Crippen molar-refractivity contribution in [1.29, 1.82) is 15.8 Å². The predicted molar refractivity (Wildman–Crippen MR) is 68.6 cm³/mol. The van der Waals surface area contributed by atoms with Crippen LogP contribution in [0.25, 0.3) is 0 Å². The van der Waals surface area contributed by atoms with Gasteiger partial charge in [-0.05, 0) is 12.5 Å². The molecular formula is C15H10N4O2. The summed E-state index contributed by atoms with van der Waals surface area (Å²) in [4.78, 5) is 12.3. The normalized spacial score (nSPS) is 38.3. The van der Waals surface area contributed by atoms with Crippen molar-refractivity contribution >= 4 is 5.91 Å². The first kappa shape index (κ1) is 13.1. The smallest absolute Gasteiger partial charge is 0.246 e.